The summed E-state index contributed by atoms with van der Waals surface area (Å²) in [5.41, 5.74) is 3.72. The van der Waals surface area contributed by atoms with E-state index in [4.69, 9.17) is 4.74 Å². The SMILES string of the molecule is COC(=O)c1ccc2c(c1)-c1ccnc(c1)[C@@H](I)C/C=C/[C@@H](C)C(=O)N2. The number of hydrogen-bond donors (Lipinski definition) is 1. The quantitative estimate of drug-likeness (QED) is 0.292. The van der Waals surface area contributed by atoms with Crippen LogP contribution in [0.1, 0.15) is 33.3 Å². The lowest BCUT2D eigenvalue weighted by Gasteiger charge is -2.17. The molecule has 5 nitrogen and oxygen atoms in total. The van der Waals surface area contributed by atoms with Crippen molar-refractivity contribution in [1.82, 2.24) is 4.98 Å². The van der Waals surface area contributed by atoms with Gasteiger partial charge in [-0.3, -0.25) is 9.78 Å². The van der Waals surface area contributed by atoms with Gasteiger partial charge in [-0.1, -0.05) is 41.7 Å². The number of methoxy groups -OCH3 is 1. The Bertz CT molecular complexity index is 879. The zero-order valence-corrected chi connectivity index (χ0v) is 16.7. The van der Waals surface area contributed by atoms with Crippen molar-refractivity contribution in [3.05, 3.63) is 59.9 Å². The molecule has 0 saturated heterocycles. The van der Waals surface area contributed by atoms with E-state index in [1.54, 1.807) is 24.4 Å². The predicted octanol–water partition coefficient (Wildman–Crippen LogP) is 4.55. The normalized spacial score (nSPS) is 20.8. The highest BCUT2D eigenvalue weighted by molar-refractivity contribution is 14.1. The molecule has 2 atom stereocenters. The van der Waals surface area contributed by atoms with Gasteiger partial charge in [0.15, 0.2) is 0 Å². The average molecular weight is 462 g/mol. The van der Waals surface area contributed by atoms with Crippen molar-refractivity contribution in [3.63, 3.8) is 0 Å². The molecule has 1 aliphatic heterocycles. The number of carbonyl (C=O) groups is 2. The molecule has 26 heavy (non-hydrogen) atoms. The summed E-state index contributed by atoms with van der Waals surface area (Å²) < 4.78 is 5.03. The van der Waals surface area contributed by atoms with Gasteiger partial charge in [0.1, 0.15) is 0 Å². The number of allylic oxidation sites excluding steroid dienone is 1. The van der Waals surface area contributed by atoms with Crippen molar-refractivity contribution >= 4 is 40.2 Å². The third-order valence-electron chi connectivity index (χ3n) is 4.29. The Hall–Kier alpha value is -2.22. The number of amides is 1. The molecule has 2 bridgehead atoms. The maximum atomic E-state index is 12.5. The van der Waals surface area contributed by atoms with Crippen LogP contribution in [0.2, 0.25) is 0 Å². The molecule has 1 aromatic heterocycles. The van der Waals surface area contributed by atoms with Crippen LogP contribution in [0, 0.1) is 5.92 Å². The summed E-state index contributed by atoms with van der Waals surface area (Å²) in [6.07, 6.45) is 6.49. The number of carbonyl (C=O) groups excluding carboxylic acids is 2. The molecule has 1 N–H and O–H groups in total. The van der Waals surface area contributed by atoms with Crippen LogP contribution in [-0.4, -0.2) is 24.0 Å². The van der Waals surface area contributed by atoms with Gasteiger partial charge in [-0.25, -0.2) is 4.79 Å². The smallest absolute Gasteiger partial charge is 0.337 e. The number of anilines is 1. The zero-order chi connectivity index (χ0) is 18.7. The first-order valence-corrected chi connectivity index (χ1v) is 9.54. The second kappa shape index (κ2) is 7.99. The monoisotopic (exact) mass is 462 g/mol. The molecular weight excluding hydrogens is 443 g/mol. The van der Waals surface area contributed by atoms with E-state index in [1.165, 1.54) is 7.11 Å². The van der Waals surface area contributed by atoms with Crippen LogP contribution in [0.15, 0.2) is 48.7 Å². The molecule has 1 aliphatic rings. The van der Waals surface area contributed by atoms with Crippen LogP contribution in [0.4, 0.5) is 5.69 Å². The van der Waals surface area contributed by atoms with Gasteiger partial charge in [-0.15, -0.1) is 0 Å². The topological polar surface area (TPSA) is 68.3 Å². The summed E-state index contributed by atoms with van der Waals surface area (Å²) in [5, 5.41) is 2.97. The molecule has 0 saturated carbocycles. The molecule has 6 heteroatoms. The van der Waals surface area contributed by atoms with Gasteiger partial charge in [0.25, 0.3) is 0 Å². The molecule has 3 rings (SSSR count). The van der Waals surface area contributed by atoms with Crippen molar-refractivity contribution in [2.24, 2.45) is 5.92 Å². The minimum Gasteiger partial charge on any atom is -0.465 e. The van der Waals surface area contributed by atoms with Crippen LogP contribution >= 0.6 is 22.6 Å². The summed E-state index contributed by atoms with van der Waals surface area (Å²) >= 11 is 2.36. The van der Waals surface area contributed by atoms with Gasteiger partial charge in [0, 0.05) is 17.4 Å². The lowest BCUT2D eigenvalue weighted by atomic mass is 9.99. The van der Waals surface area contributed by atoms with Crippen molar-refractivity contribution < 1.29 is 14.3 Å². The van der Waals surface area contributed by atoms with Crippen LogP contribution < -0.4 is 5.32 Å². The van der Waals surface area contributed by atoms with Crippen LogP contribution in [0.25, 0.3) is 11.1 Å². The summed E-state index contributed by atoms with van der Waals surface area (Å²) in [6, 6.07) is 9.02. The van der Waals surface area contributed by atoms with Gasteiger partial charge in [-0.05, 0) is 42.3 Å². The zero-order valence-electron chi connectivity index (χ0n) is 14.5. The largest absolute Gasteiger partial charge is 0.465 e. The van der Waals surface area contributed by atoms with Crippen LogP contribution in [0.5, 0.6) is 0 Å². The first-order valence-electron chi connectivity index (χ1n) is 8.30. The fourth-order valence-electron chi connectivity index (χ4n) is 2.78. The summed E-state index contributed by atoms with van der Waals surface area (Å²) in [7, 11) is 1.35. The highest BCUT2D eigenvalue weighted by Gasteiger charge is 2.18. The highest BCUT2D eigenvalue weighted by atomic mass is 127. The van der Waals surface area contributed by atoms with E-state index in [9.17, 15) is 9.59 Å². The lowest BCUT2D eigenvalue weighted by molar-refractivity contribution is -0.118. The van der Waals surface area contributed by atoms with Crippen LogP contribution in [0.3, 0.4) is 0 Å². The number of nitrogens with one attached hydrogen (secondary N) is 1. The number of halogens is 1. The first kappa shape index (κ1) is 18.6. The Balaban J connectivity index is 2.17. The fourth-order valence-corrected chi connectivity index (χ4v) is 3.42. The lowest BCUT2D eigenvalue weighted by Crippen LogP contribution is -2.19. The van der Waals surface area contributed by atoms with E-state index >= 15 is 0 Å². The van der Waals surface area contributed by atoms with E-state index in [1.807, 2.05) is 31.2 Å². The number of fused-ring (bicyclic) bond motifs is 4. The summed E-state index contributed by atoms with van der Waals surface area (Å²) in [6.45, 7) is 1.86. The van der Waals surface area contributed by atoms with E-state index in [2.05, 4.69) is 32.9 Å². The number of hydrogen-bond acceptors (Lipinski definition) is 4. The molecule has 0 aliphatic carbocycles. The molecular formula is C20H19IN2O3. The summed E-state index contributed by atoms with van der Waals surface area (Å²) in [4.78, 5) is 28.9. The molecule has 1 aromatic carbocycles. The van der Waals surface area contributed by atoms with E-state index in [0.29, 0.717) is 11.3 Å². The Morgan fingerprint density at radius 2 is 2.12 bits per heavy atom. The number of benzene rings is 1. The molecule has 2 heterocycles. The van der Waals surface area contributed by atoms with E-state index < -0.39 is 5.97 Å². The molecule has 1 amide bonds. The maximum Gasteiger partial charge on any atom is 0.337 e. The minimum absolute atomic E-state index is 0.0896. The van der Waals surface area contributed by atoms with E-state index in [0.717, 1.165) is 23.2 Å². The third kappa shape index (κ3) is 3.95. The maximum absolute atomic E-state index is 12.5. The molecule has 0 spiro atoms. The van der Waals surface area contributed by atoms with Crippen LogP contribution in [-0.2, 0) is 9.53 Å². The number of nitrogens with zero attached hydrogens (tertiary/aromatic N) is 1. The van der Waals surface area contributed by atoms with Gasteiger partial charge < -0.3 is 10.1 Å². The molecule has 134 valence electrons. The van der Waals surface area contributed by atoms with Crippen molar-refractivity contribution in [3.8, 4) is 11.1 Å². The molecule has 0 fully saturated rings. The van der Waals surface area contributed by atoms with Crippen molar-refractivity contribution in [2.75, 3.05) is 12.4 Å². The number of ether oxygens (including phenoxy) is 1. The molecule has 0 unspecified atom stereocenters. The number of pyridine rings is 1. The van der Waals surface area contributed by atoms with Gasteiger partial charge >= 0.3 is 5.97 Å². The highest BCUT2D eigenvalue weighted by Crippen LogP contribution is 2.34. The second-order valence-electron chi connectivity index (χ2n) is 6.13. The fraction of sp³-hybridized carbons (Fsp3) is 0.250. The average Bonchev–Trinajstić information content (AvgIpc) is 2.66. The second-order valence-corrected chi connectivity index (χ2v) is 7.63. The van der Waals surface area contributed by atoms with Gasteiger partial charge in [0.05, 0.1) is 28.2 Å². The van der Waals surface area contributed by atoms with Crippen molar-refractivity contribution in [1.29, 1.82) is 0 Å². The molecule has 0 radical (unpaired) electrons. The Kier molecular flexibility index (Phi) is 5.70. The Morgan fingerprint density at radius 3 is 2.88 bits per heavy atom. The minimum atomic E-state index is -0.414. The number of alkyl halides is 1. The Morgan fingerprint density at radius 1 is 1.31 bits per heavy atom. The standard InChI is InChI=1S/C20H19IN2O3/c1-12-4-3-5-16(21)18-11-13(8-9-22-18)15-10-14(20(25)26-2)6-7-17(15)23-19(12)24/h3-4,6-12,16H,5H2,1-2H3,(H,23,24)/b4-3+/t12-,16+/m1/s1. The third-order valence-corrected chi connectivity index (χ3v) is 5.44. The summed E-state index contributed by atoms with van der Waals surface area (Å²) in [5.74, 6) is -0.756. The van der Waals surface area contributed by atoms with Crippen molar-refractivity contribution in [2.45, 2.75) is 17.3 Å². The van der Waals surface area contributed by atoms with E-state index in [-0.39, 0.29) is 15.7 Å². The predicted molar refractivity (Wildman–Crippen MR) is 109 cm³/mol. The Labute approximate surface area is 166 Å². The van der Waals surface area contributed by atoms with Gasteiger partial charge in [-0.2, -0.15) is 0 Å². The number of aromatic nitrogens is 1. The molecule has 2 aromatic rings. The first-order chi connectivity index (χ1) is 12.5. The number of rotatable bonds is 1. The van der Waals surface area contributed by atoms with Gasteiger partial charge in [0.2, 0.25) is 5.91 Å². The number of esters is 1.